The van der Waals surface area contributed by atoms with E-state index in [1.807, 2.05) is 0 Å². The van der Waals surface area contributed by atoms with Crippen molar-refractivity contribution in [1.29, 1.82) is 0 Å². The Morgan fingerprint density at radius 1 is 1.04 bits per heavy atom. The zero-order valence-corrected chi connectivity index (χ0v) is 15.9. The molecule has 1 aliphatic rings. The molecule has 0 N–H and O–H groups in total. The molecule has 25 heavy (non-hydrogen) atoms. The highest BCUT2D eigenvalue weighted by atomic mass is 32.1. The number of rotatable bonds is 3. The molecular formula is C20H24N4S. The van der Waals surface area contributed by atoms with E-state index in [2.05, 4.69) is 59.1 Å². The fourth-order valence-corrected chi connectivity index (χ4v) is 4.50. The van der Waals surface area contributed by atoms with Gasteiger partial charge in [-0.05, 0) is 31.5 Å². The fourth-order valence-electron chi connectivity index (χ4n) is 3.60. The SMILES string of the molecule is CCN1CCN(c2ncnc3scc(-c4cc(C)ccc4C)c23)CC1. The first-order chi connectivity index (χ1) is 12.2. The maximum absolute atomic E-state index is 4.69. The minimum atomic E-state index is 1.03. The molecule has 0 amide bonds. The van der Waals surface area contributed by atoms with Crippen molar-refractivity contribution in [2.45, 2.75) is 20.8 Å². The number of benzene rings is 1. The molecule has 2 aromatic heterocycles. The Hall–Kier alpha value is -1.98. The molecular weight excluding hydrogens is 328 g/mol. The standard InChI is InChI=1S/C20H24N4S/c1-4-23-7-9-24(10-8-23)19-18-17(12-25-20(18)22-13-21-19)16-11-14(2)5-6-15(16)3/h5-6,11-13H,4,7-10H2,1-3H3. The number of anilines is 1. The predicted molar refractivity (Wildman–Crippen MR) is 107 cm³/mol. The van der Waals surface area contributed by atoms with Crippen LogP contribution in [-0.2, 0) is 0 Å². The molecule has 0 aliphatic carbocycles. The summed E-state index contributed by atoms with van der Waals surface area (Å²) >= 11 is 1.72. The molecule has 130 valence electrons. The maximum Gasteiger partial charge on any atom is 0.141 e. The molecule has 0 saturated carbocycles. The lowest BCUT2D eigenvalue weighted by Gasteiger charge is -2.35. The van der Waals surface area contributed by atoms with Gasteiger partial charge in [0, 0.05) is 37.1 Å². The van der Waals surface area contributed by atoms with Gasteiger partial charge in [0.15, 0.2) is 0 Å². The van der Waals surface area contributed by atoms with Gasteiger partial charge in [-0.15, -0.1) is 11.3 Å². The van der Waals surface area contributed by atoms with Crippen LogP contribution in [0, 0.1) is 13.8 Å². The Labute approximate surface area is 153 Å². The Morgan fingerprint density at radius 2 is 1.84 bits per heavy atom. The lowest BCUT2D eigenvalue weighted by molar-refractivity contribution is 0.271. The van der Waals surface area contributed by atoms with Crippen LogP contribution < -0.4 is 4.90 Å². The van der Waals surface area contributed by atoms with E-state index >= 15 is 0 Å². The number of likely N-dealkylation sites (N-methyl/N-ethyl adjacent to an activating group) is 1. The highest BCUT2D eigenvalue weighted by Gasteiger charge is 2.22. The molecule has 1 aliphatic heterocycles. The van der Waals surface area contributed by atoms with E-state index in [9.17, 15) is 0 Å². The molecule has 5 heteroatoms. The van der Waals surface area contributed by atoms with Gasteiger partial charge in [0.2, 0.25) is 0 Å². The molecule has 1 saturated heterocycles. The Balaban J connectivity index is 1.81. The van der Waals surface area contributed by atoms with Crippen molar-refractivity contribution in [3.63, 3.8) is 0 Å². The van der Waals surface area contributed by atoms with Crippen molar-refractivity contribution in [3.8, 4) is 11.1 Å². The second kappa shape index (κ2) is 6.73. The molecule has 0 atom stereocenters. The average Bonchev–Trinajstić information content (AvgIpc) is 3.08. The van der Waals surface area contributed by atoms with Crippen molar-refractivity contribution in [3.05, 3.63) is 41.0 Å². The number of piperazine rings is 1. The Bertz CT molecular complexity index is 894. The molecule has 4 nitrogen and oxygen atoms in total. The highest BCUT2D eigenvalue weighted by molar-refractivity contribution is 7.17. The molecule has 0 spiro atoms. The number of aromatic nitrogens is 2. The summed E-state index contributed by atoms with van der Waals surface area (Å²) in [5, 5.41) is 3.46. The zero-order chi connectivity index (χ0) is 17.4. The van der Waals surface area contributed by atoms with E-state index in [1.165, 1.54) is 27.6 Å². The molecule has 4 rings (SSSR count). The van der Waals surface area contributed by atoms with Gasteiger partial charge in [0.1, 0.15) is 17.0 Å². The molecule has 0 radical (unpaired) electrons. The molecule has 0 bridgehead atoms. The number of nitrogens with zero attached hydrogens (tertiary/aromatic N) is 4. The summed E-state index contributed by atoms with van der Waals surface area (Å²) in [6.07, 6.45) is 1.72. The van der Waals surface area contributed by atoms with Gasteiger partial charge < -0.3 is 9.80 Å². The largest absolute Gasteiger partial charge is 0.353 e. The lowest BCUT2D eigenvalue weighted by atomic mass is 9.98. The Morgan fingerprint density at radius 3 is 2.60 bits per heavy atom. The van der Waals surface area contributed by atoms with Gasteiger partial charge in [0.05, 0.1) is 5.39 Å². The maximum atomic E-state index is 4.69. The second-order valence-electron chi connectivity index (χ2n) is 6.77. The van der Waals surface area contributed by atoms with Gasteiger partial charge in [-0.1, -0.05) is 30.7 Å². The zero-order valence-electron chi connectivity index (χ0n) is 15.1. The quantitative estimate of drug-likeness (QED) is 0.710. The van der Waals surface area contributed by atoms with Crippen molar-refractivity contribution >= 4 is 27.4 Å². The van der Waals surface area contributed by atoms with Gasteiger partial charge >= 0.3 is 0 Å². The minimum absolute atomic E-state index is 1.03. The van der Waals surface area contributed by atoms with Gasteiger partial charge in [-0.2, -0.15) is 0 Å². The summed E-state index contributed by atoms with van der Waals surface area (Å²) < 4.78 is 0. The summed E-state index contributed by atoms with van der Waals surface area (Å²) in [6, 6.07) is 6.66. The predicted octanol–water partition coefficient (Wildman–Crippen LogP) is 4.12. The summed E-state index contributed by atoms with van der Waals surface area (Å²) in [5.41, 5.74) is 5.16. The van der Waals surface area contributed by atoms with Gasteiger partial charge in [0.25, 0.3) is 0 Å². The van der Waals surface area contributed by atoms with E-state index in [4.69, 9.17) is 4.98 Å². The van der Waals surface area contributed by atoms with Crippen LogP contribution >= 0.6 is 11.3 Å². The average molecular weight is 353 g/mol. The van der Waals surface area contributed by atoms with Crippen LogP contribution in [0.15, 0.2) is 29.9 Å². The smallest absolute Gasteiger partial charge is 0.141 e. The minimum Gasteiger partial charge on any atom is -0.353 e. The molecule has 3 heterocycles. The summed E-state index contributed by atoms with van der Waals surface area (Å²) in [7, 11) is 0. The van der Waals surface area contributed by atoms with E-state index < -0.39 is 0 Å². The van der Waals surface area contributed by atoms with Crippen LogP contribution in [0.5, 0.6) is 0 Å². The summed E-state index contributed by atoms with van der Waals surface area (Å²) in [5.74, 6) is 1.10. The first-order valence-electron chi connectivity index (χ1n) is 8.94. The van der Waals surface area contributed by atoms with Crippen LogP contribution in [0.1, 0.15) is 18.1 Å². The first kappa shape index (κ1) is 16.5. The normalized spacial score (nSPS) is 15.9. The molecule has 0 unspecified atom stereocenters. The molecule has 1 fully saturated rings. The topological polar surface area (TPSA) is 32.3 Å². The van der Waals surface area contributed by atoms with Crippen molar-refractivity contribution in [1.82, 2.24) is 14.9 Å². The van der Waals surface area contributed by atoms with Crippen LogP contribution in [0.25, 0.3) is 21.3 Å². The number of hydrogen-bond donors (Lipinski definition) is 0. The summed E-state index contributed by atoms with van der Waals surface area (Å²) in [6.45, 7) is 12.0. The van der Waals surface area contributed by atoms with Crippen LogP contribution in [0.4, 0.5) is 5.82 Å². The van der Waals surface area contributed by atoms with E-state index in [0.29, 0.717) is 0 Å². The van der Waals surface area contributed by atoms with Crippen LogP contribution in [-0.4, -0.2) is 47.6 Å². The third kappa shape index (κ3) is 3.02. The second-order valence-corrected chi connectivity index (χ2v) is 7.62. The monoisotopic (exact) mass is 352 g/mol. The number of thiophene rings is 1. The first-order valence-corrected chi connectivity index (χ1v) is 9.82. The fraction of sp³-hybridized carbons (Fsp3) is 0.400. The Kier molecular flexibility index (Phi) is 4.44. The van der Waals surface area contributed by atoms with Crippen molar-refractivity contribution < 1.29 is 0 Å². The van der Waals surface area contributed by atoms with E-state index in [0.717, 1.165) is 43.4 Å². The van der Waals surface area contributed by atoms with Crippen LogP contribution in [0.2, 0.25) is 0 Å². The number of hydrogen-bond acceptors (Lipinski definition) is 5. The highest BCUT2D eigenvalue weighted by Crippen LogP contribution is 2.39. The third-order valence-corrected chi connectivity index (χ3v) is 6.04. The molecule has 1 aromatic carbocycles. The van der Waals surface area contributed by atoms with Crippen molar-refractivity contribution in [2.75, 3.05) is 37.6 Å². The van der Waals surface area contributed by atoms with Gasteiger partial charge in [-0.25, -0.2) is 9.97 Å². The number of fused-ring (bicyclic) bond motifs is 1. The third-order valence-electron chi connectivity index (χ3n) is 5.15. The summed E-state index contributed by atoms with van der Waals surface area (Å²) in [4.78, 5) is 15.2. The lowest BCUT2D eigenvalue weighted by Crippen LogP contribution is -2.46. The number of aryl methyl sites for hydroxylation is 2. The van der Waals surface area contributed by atoms with Crippen LogP contribution in [0.3, 0.4) is 0 Å². The van der Waals surface area contributed by atoms with E-state index in [1.54, 1.807) is 17.7 Å². The van der Waals surface area contributed by atoms with E-state index in [-0.39, 0.29) is 0 Å². The molecule has 3 aromatic rings. The van der Waals surface area contributed by atoms with Crippen molar-refractivity contribution in [2.24, 2.45) is 0 Å². The van der Waals surface area contributed by atoms with Gasteiger partial charge in [-0.3, -0.25) is 0 Å².